The quantitative estimate of drug-likeness (QED) is 0.763. The number of cyclic esters (lactones) is 1. The Labute approximate surface area is 164 Å². The largest absolute Gasteiger partial charge is 0.447 e. The maximum Gasteiger partial charge on any atom is 0.407 e. The van der Waals surface area contributed by atoms with Crippen LogP contribution in [-0.2, 0) is 21.1 Å². The number of carbonyl (C=O) groups is 2. The van der Waals surface area contributed by atoms with Gasteiger partial charge >= 0.3 is 12.1 Å². The van der Waals surface area contributed by atoms with Crippen LogP contribution in [0.3, 0.4) is 0 Å². The smallest absolute Gasteiger partial charge is 0.407 e. The molecule has 9 nitrogen and oxygen atoms in total. The number of nitrogens with one attached hydrogen (secondary N) is 1. The van der Waals surface area contributed by atoms with Crippen molar-refractivity contribution in [2.45, 2.75) is 17.0 Å². The van der Waals surface area contributed by atoms with Crippen LogP contribution in [0.1, 0.15) is 5.56 Å². The SMILES string of the molecule is CS(=O)(=O)c1cccc(CN2CCN(C(=O)N3CC4(COC(=O)N4)C3)CC2)c1. The molecule has 0 aromatic heterocycles. The van der Waals surface area contributed by atoms with Gasteiger partial charge in [0.15, 0.2) is 9.84 Å². The number of ether oxygens (including phenoxy) is 1. The number of urea groups is 1. The maximum absolute atomic E-state index is 12.6. The van der Waals surface area contributed by atoms with Crippen molar-refractivity contribution in [1.82, 2.24) is 20.0 Å². The van der Waals surface area contributed by atoms with Crippen molar-refractivity contribution < 1.29 is 22.7 Å². The second-order valence-electron chi connectivity index (χ2n) is 7.80. The summed E-state index contributed by atoms with van der Waals surface area (Å²) in [5.41, 5.74) is 0.545. The lowest BCUT2D eigenvalue weighted by Gasteiger charge is -2.48. The third-order valence-electron chi connectivity index (χ3n) is 5.48. The number of nitrogens with zero attached hydrogens (tertiary/aromatic N) is 3. The summed E-state index contributed by atoms with van der Waals surface area (Å²) in [5, 5.41) is 2.78. The van der Waals surface area contributed by atoms with Crippen molar-refractivity contribution in [2.24, 2.45) is 0 Å². The summed E-state index contributed by atoms with van der Waals surface area (Å²) in [4.78, 5) is 29.9. The number of amides is 3. The van der Waals surface area contributed by atoms with Crippen LogP contribution in [0.2, 0.25) is 0 Å². The van der Waals surface area contributed by atoms with Gasteiger partial charge in [0.1, 0.15) is 12.1 Å². The Hall–Kier alpha value is -2.33. The fraction of sp³-hybridized carbons (Fsp3) is 0.556. The molecule has 0 saturated carbocycles. The Morgan fingerprint density at radius 3 is 2.50 bits per heavy atom. The topological polar surface area (TPSA) is 99.3 Å². The van der Waals surface area contributed by atoms with Crippen molar-refractivity contribution in [3.63, 3.8) is 0 Å². The molecule has 4 rings (SSSR count). The maximum atomic E-state index is 12.6. The van der Waals surface area contributed by atoms with E-state index in [1.54, 1.807) is 23.1 Å². The van der Waals surface area contributed by atoms with Crippen molar-refractivity contribution in [3.8, 4) is 0 Å². The lowest BCUT2D eigenvalue weighted by atomic mass is 9.92. The second kappa shape index (κ2) is 6.93. The highest BCUT2D eigenvalue weighted by Gasteiger charge is 2.52. The van der Waals surface area contributed by atoms with Gasteiger partial charge in [0, 0.05) is 39.0 Å². The highest BCUT2D eigenvalue weighted by atomic mass is 32.2. The van der Waals surface area contributed by atoms with Crippen LogP contribution in [0.25, 0.3) is 0 Å². The molecule has 3 aliphatic rings. The van der Waals surface area contributed by atoms with E-state index >= 15 is 0 Å². The van der Waals surface area contributed by atoms with Gasteiger partial charge in [-0.05, 0) is 17.7 Å². The van der Waals surface area contributed by atoms with Gasteiger partial charge in [-0.15, -0.1) is 0 Å². The van der Waals surface area contributed by atoms with Crippen LogP contribution < -0.4 is 5.32 Å². The zero-order valence-electron chi connectivity index (χ0n) is 15.8. The molecule has 1 spiro atoms. The molecule has 152 valence electrons. The van der Waals surface area contributed by atoms with E-state index < -0.39 is 21.5 Å². The average Bonchev–Trinajstić information content (AvgIpc) is 3.02. The van der Waals surface area contributed by atoms with Crippen LogP contribution in [0.15, 0.2) is 29.2 Å². The number of alkyl carbamates (subject to hydrolysis) is 1. The van der Waals surface area contributed by atoms with Crippen molar-refractivity contribution in [1.29, 1.82) is 0 Å². The van der Waals surface area contributed by atoms with E-state index in [1.165, 1.54) is 6.26 Å². The summed E-state index contributed by atoms with van der Waals surface area (Å²) in [6.45, 7) is 4.64. The molecule has 0 atom stereocenters. The second-order valence-corrected chi connectivity index (χ2v) is 9.82. The number of piperazine rings is 1. The zero-order valence-corrected chi connectivity index (χ0v) is 16.6. The first kappa shape index (κ1) is 19.0. The molecule has 28 heavy (non-hydrogen) atoms. The molecule has 3 amide bonds. The Morgan fingerprint density at radius 1 is 1.18 bits per heavy atom. The van der Waals surface area contributed by atoms with Crippen LogP contribution in [0, 0.1) is 0 Å². The fourth-order valence-electron chi connectivity index (χ4n) is 3.91. The molecule has 1 aromatic carbocycles. The third kappa shape index (κ3) is 3.79. The first-order valence-corrected chi connectivity index (χ1v) is 11.1. The highest BCUT2D eigenvalue weighted by Crippen LogP contribution is 2.26. The van der Waals surface area contributed by atoms with Gasteiger partial charge in [-0.2, -0.15) is 0 Å². The molecule has 0 bridgehead atoms. The fourth-order valence-corrected chi connectivity index (χ4v) is 4.60. The number of carbonyl (C=O) groups excluding carboxylic acids is 2. The lowest BCUT2D eigenvalue weighted by molar-refractivity contribution is 0.0425. The standard InChI is InChI=1S/C18H24N4O5S/c1-28(25,26)15-4-2-3-14(9-15)10-20-5-7-21(8-6-20)17(24)22-11-18(12-22)13-27-16(23)19-18/h2-4,9H,5-8,10-13H2,1H3,(H,19,23). The van der Waals surface area contributed by atoms with E-state index in [0.717, 1.165) is 18.7 Å². The van der Waals surface area contributed by atoms with Gasteiger partial charge in [-0.3, -0.25) is 4.90 Å². The minimum absolute atomic E-state index is 0.00880. The Kier molecular flexibility index (Phi) is 4.70. The van der Waals surface area contributed by atoms with Crippen molar-refractivity contribution in [2.75, 3.05) is 52.1 Å². The molecule has 0 radical (unpaired) electrons. The van der Waals surface area contributed by atoms with Crippen LogP contribution >= 0.6 is 0 Å². The normalized spacial score (nSPS) is 22.0. The van der Waals surface area contributed by atoms with Gasteiger partial charge < -0.3 is 19.9 Å². The van der Waals surface area contributed by atoms with E-state index in [1.807, 2.05) is 11.0 Å². The van der Waals surface area contributed by atoms with Gasteiger partial charge in [-0.25, -0.2) is 18.0 Å². The van der Waals surface area contributed by atoms with Gasteiger partial charge in [0.25, 0.3) is 0 Å². The Morgan fingerprint density at radius 2 is 1.89 bits per heavy atom. The predicted octanol–water partition coefficient (Wildman–Crippen LogP) is 0.122. The summed E-state index contributed by atoms with van der Waals surface area (Å²) in [6, 6.07) is 6.99. The predicted molar refractivity (Wildman–Crippen MR) is 101 cm³/mol. The molecule has 3 aliphatic heterocycles. The van der Waals surface area contributed by atoms with E-state index in [4.69, 9.17) is 4.74 Å². The summed E-state index contributed by atoms with van der Waals surface area (Å²) in [6.07, 6.45) is 0.792. The number of rotatable bonds is 3. The monoisotopic (exact) mass is 408 g/mol. The van der Waals surface area contributed by atoms with Gasteiger partial charge in [0.2, 0.25) is 0 Å². The summed E-state index contributed by atoms with van der Waals surface area (Å²) in [7, 11) is -3.22. The van der Waals surface area contributed by atoms with Gasteiger partial charge in [0.05, 0.1) is 18.0 Å². The third-order valence-corrected chi connectivity index (χ3v) is 6.59. The van der Waals surface area contributed by atoms with E-state index in [2.05, 4.69) is 10.2 Å². The van der Waals surface area contributed by atoms with Gasteiger partial charge in [-0.1, -0.05) is 12.1 Å². The molecule has 10 heteroatoms. The molecule has 3 saturated heterocycles. The van der Waals surface area contributed by atoms with E-state index in [0.29, 0.717) is 44.2 Å². The number of sulfone groups is 1. The summed E-state index contributed by atoms with van der Waals surface area (Å²) in [5.74, 6) is 0. The summed E-state index contributed by atoms with van der Waals surface area (Å²) >= 11 is 0. The summed E-state index contributed by atoms with van der Waals surface area (Å²) < 4.78 is 28.4. The zero-order chi connectivity index (χ0) is 19.9. The molecule has 3 fully saturated rings. The first-order chi connectivity index (χ1) is 13.2. The minimum Gasteiger partial charge on any atom is -0.447 e. The highest BCUT2D eigenvalue weighted by molar-refractivity contribution is 7.90. The number of hydrogen-bond acceptors (Lipinski definition) is 6. The molecule has 0 unspecified atom stereocenters. The Bertz CT molecular complexity index is 889. The Balaban J connectivity index is 1.27. The molecule has 0 aliphatic carbocycles. The molecular weight excluding hydrogens is 384 g/mol. The van der Waals surface area contributed by atoms with Crippen molar-refractivity contribution >= 4 is 22.0 Å². The number of hydrogen-bond donors (Lipinski definition) is 1. The van der Waals surface area contributed by atoms with E-state index in [-0.39, 0.29) is 6.03 Å². The van der Waals surface area contributed by atoms with E-state index in [9.17, 15) is 18.0 Å². The average molecular weight is 408 g/mol. The van der Waals surface area contributed by atoms with Crippen LogP contribution in [0.4, 0.5) is 9.59 Å². The molecule has 1 N–H and O–H groups in total. The lowest BCUT2D eigenvalue weighted by Crippen LogP contribution is -2.71. The van der Waals surface area contributed by atoms with Crippen LogP contribution in [0.5, 0.6) is 0 Å². The number of likely N-dealkylation sites (tertiary alicyclic amines) is 1. The minimum atomic E-state index is -3.22. The first-order valence-electron chi connectivity index (χ1n) is 9.24. The molecule has 3 heterocycles. The molecular formula is C18H24N4O5S. The van der Waals surface area contributed by atoms with Crippen molar-refractivity contribution in [3.05, 3.63) is 29.8 Å². The number of benzene rings is 1. The van der Waals surface area contributed by atoms with Crippen LogP contribution in [-0.4, -0.2) is 92.9 Å². The molecule has 1 aromatic rings.